The first-order valence-electron chi connectivity index (χ1n) is 10.5. The number of benzene rings is 2. The zero-order chi connectivity index (χ0) is 26.6. The third kappa shape index (κ3) is 5.89. The van der Waals surface area contributed by atoms with E-state index in [0.29, 0.717) is 16.2 Å². The summed E-state index contributed by atoms with van der Waals surface area (Å²) in [5.74, 6) is -1.11. The van der Waals surface area contributed by atoms with Crippen LogP contribution in [0.1, 0.15) is 25.8 Å². The molecule has 3 unspecified atom stereocenters. The fourth-order valence-corrected chi connectivity index (χ4v) is 4.59. The van der Waals surface area contributed by atoms with E-state index in [1.54, 1.807) is 6.92 Å². The molecule has 0 radical (unpaired) electrons. The highest BCUT2D eigenvalue weighted by Crippen LogP contribution is 2.36. The molecule has 2 aromatic carbocycles. The van der Waals surface area contributed by atoms with E-state index in [4.69, 9.17) is 20.3 Å². The second kappa shape index (κ2) is 10.9. The van der Waals surface area contributed by atoms with Crippen LogP contribution in [-0.2, 0) is 35.7 Å². The normalized spacial score (nSPS) is 18.6. The molecule has 13 heteroatoms. The summed E-state index contributed by atoms with van der Waals surface area (Å²) in [5, 5.41) is 13.5. The van der Waals surface area contributed by atoms with Crippen molar-refractivity contribution in [3.63, 3.8) is 0 Å². The van der Waals surface area contributed by atoms with Gasteiger partial charge in [-0.25, -0.2) is 9.00 Å². The van der Waals surface area contributed by atoms with Crippen LogP contribution in [0.5, 0.6) is 11.5 Å². The van der Waals surface area contributed by atoms with Crippen LogP contribution in [0.15, 0.2) is 60.7 Å². The van der Waals surface area contributed by atoms with Crippen molar-refractivity contribution in [2.24, 2.45) is 5.92 Å². The average Bonchev–Trinajstić information content (AvgIpc) is 2.80. The zero-order valence-corrected chi connectivity index (χ0v) is 20.8. The van der Waals surface area contributed by atoms with Gasteiger partial charge < -0.3 is 14.9 Å². The third-order valence-electron chi connectivity index (χ3n) is 5.27. The Hall–Kier alpha value is -3.77. The van der Waals surface area contributed by atoms with Crippen LogP contribution >= 0.6 is 10.7 Å². The van der Waals surface area contributed by atoms with E-state index in [9.17, 15) is 28.7 Å². The molecule has 190 valence electrons. The number of hydrogen-bond acceptors (Lipinski definition) is 8. The summed E-state index contributed by atoms with van der Waals surface area (Å²) in [5.41, 5.74) is 0.919. The monoisotopic (exact) mass is 535 g/mol. The number of non-ortho nitro benzene ring substituents is 1. The summed E-state index contributed by atoms with van der Waals surface area (Å²) < 4.78 is 16.9. The molecule has 1 saturated heterocycles. The largest absolute Gasteiger partial charge is 0.457 e. The minimum absolute atomic E-state index is 0.0981. The summed E-state index contributed by atoms with van der Waals surface area (Å²) >= 11 is 0. The maximum Gasteiger partial charge on any atom is 0.340 e. The summed E-state index contributed by atoms with van der Waals surface area (Å²) in [4.78, 5) is 49.5. The van der Waals surface area contributed by atoms with Crippen LogP contribution in [0, 0.1) is 16.0 Å². The van der Waals surface area contributed by atoms with Gasteiger partial charge in [0, 0.05) is 25.1 Å². The first-order valence-corrected chi connectivity index (χ1v) is 12.5. The molecule has 3 aliphatic heterocycles. The lowest BCUT2D eigenvalue weighted by molar-refractivity contribution is -0.384. The molecule has 1 N–H and O–H groups in total. The number of amides is 2. The Morgan fingerprint density at radius 3 is 2.22 bits per heavy atom. The minimum atomic E-state index is -2.26. The summed E-state index contributed by atoms with van der Waals surface area (Å²) in [6, 6.07) is 13.4. The predicted octanol–water partition coefficient (Wildman–Crippen LogP) is 3.50. The first kappa shape index (κ1) is 26.8. The summed E-state index contributed by atoms with van der Waals surface area (Å²) in [6.45, 7) is 6.46. The number of halogens is 1. The van der Waals surface area contributed by atoms with E-state index in [0.717, 1.165) is 18.4 Å². The molecule has 0 spiro atoms. The van der Waals surface area contributed by atoms with Crippen LogP contribution in [-0.4, -0.2) is 37.0 Å². The highest BCUT2D eigenvalue weighted by molar-refractivity contribution is 8.09. The molecular formula is C23H22ClN3O8S. The SMILES string of the molecule is C=C(C)C(Cc1ccc([N+](=O)[O-])cc1)C(=O)ON1C(=O)CC1(NC(C)=O)S(=O)Cl.c1cc2cc(c1)O2. The number of carbonyl (C=O) groups excluding carboxylic acids is 3. The van der Waals surface area contributed by atoms with Gasteiger partial charge in [0.2, 0.25) is 5.91 Å². The molecule has 11 nitrogen and oxygen atoms in total. The van der Waals surface area contributed by atoms with Crippen molar-refractivity contribution >= 4 is 44.2 Å². The smallest absolute Gasteiger partial charge is 0.340 e. The van der Waals surface area contributed by atoms with Crippen LogP contribution in [0.4, 0.5) is 5.69 Å². The van der Waals surface area contributed by atoms with Gasteiger partial charge in [0.05, 0.1) is 17.3 Å². The van der Waals surface area contributed by atoms with Crippen LogP contribution in [0.25, 0.3) is 0 Å². The Morgan fingerprint density at radius 1 is 1.28 bits per heavy atom. The van der Waals surface area contributed by atoms with Gasteiger partial charge in [0.15, 0.2) is 10.0 Å². The highest BCUT2D eigenvalue weighted by Gasteiger charge is 2.60. The van der Waals surface area contributed by atoms with Crippen LogP contribution < -0.4 is 10.1 Å². The van der Waals surface area contributed by atoms with E-state index in [2.05, 4.69) is 11.9 Å². The Kier molecular flexibility index (Phi) is 8.10. The second-order valence-electron chi connectivity index (χ2n) is 8.07. The molecule has 0 saturated carbocycles. The van der Waals surface area contributed by atoms with E-state index in [1.807, 2.05) is 24.3 Å². The lowest BCUT2D eigenvalue weighted by Gasteiger charge is -2.46. The summed E-state index contributed by atoms with van der Waals surface area (Å²) in [6.07, 6.45) is -0.290. The van der Waals surface area contributed by atoms with Gasteiger partial charge in [-0.2, -0.15) is 0 Å². The van der Waals surface area contributed by atoms with E-state index >= 15 is 0 Å². The van der Waals surface area contributed by atoms with Gasteiger partial charge in [-0.3, -0.25) is 19.7 Å². The van der Waals surface area contributed by atoms with Crippen LogP contribution in [0.2, 0.25) is 0 Å². The zero-order valence-electron chi connectivity index (χ0n) is 19.3. The molecule has 2 aromatic rings. The number of hydrogen-bond donors (Lipinski definition) is 1. The highest BCUT2D eigenvalue weighted by atomic mass is 35.7. The lowest BCUT2D eigenvalue weighted by atomic mass is 9.93. The van der Waals surface area contributed by atoms with Gasteiger partial charge in [-0.05, 0) is 41.7 Å². The van der Waals surface area contributed by atoms with Crippen molar-refractivity contribution in [3.8, 4) is 11.5 Å². The molecule has 2 bridgehead atoms. The minimum Gasteiger partial charge on any atom is -0.457 e. The maximum atomic E-state index is 12.7. The standard InChI is InChI=1S/C17H18ClN3O7S.C6H4O/c1-10(2)14(8-12-4-6-13(7-5-12)21(25)26)16(24)28-20-15(23)9-17(20,29(18)27)19-11(3)22;1-2-5-4-6(3-1)7-5/h4-7,14H,1,8-9H2,2-3H3,(H,19,22);1-4H. The number of nitro groups is 1. The number of nitrogens with zero attached hydrogens (tertiary/aromatic N) is 2. The molecule has 5 rings (SSSR count). The molecule has 0 aromatic heterocycles. The maximum absolute atomic E-state index is 12.7. The molecule has 36 heavy (non-hydrogen) atoms. The van der Waals surface area contributed by atoms with Gasteiger partial charge in [0.1, 0.15) is 11.5 Å². The number of rotatable bonds is 8. The van der Waals surface area contributed by atoms with Gasteiger partial charge in [-0.15, -0.1) is 5.06 Å². The number of β-lactam (4-membered cyclic amide) rings is 1. The number of ether oxygens (including phenoxy) is 1. The topological polar surface area (TPSA) is 145 Å². The first-order chi connectivity index (χ1) is 16.9. The van der Waals surface area contributed by atoms with Crippen molar-refractivity contribution in [3.05, 3.63) is 76.4 Å². The van der Waals surface area contributed by atoms with Crippen molar-refractivity contribution in [2.75, 3.05) is 0 Å². The molecule has 2 amide bonds. The molecule has 3 heterocycles. The number of fused-ring (bicyclic) bond motifs is 2. The molecule has 0 aliphatic carbocycles. The van der Waals surface area contributed by atoms with Crippen LogP contribution in [0.3, 0.4) is 0 Å². The molecule has 1 fully saturated rings. The third-order valence-corrected chi connectivity index (χ3v) is 6.98. The van der Waals surface area contributed by atoms with Gasteiger partial charge >= 0.3 is 5.97 Å². The molecule has 3 atom stereocenters. The Morgan fingerprint density at radius 2 is 1.86 bits per heavy atom. The lowest BCUT2D eigenvalue weighted by Crippen LogP contribution is -2.73. The van der Waals surface area contributed by atoms with Gasteiger partial charge in [0.25, 0.3) is 16.6 Å². The average molecular weight is 536 g/mol. The van der Waals surface area contributed by atoms with Crippen molar-refractivity contribution < 1.29 is 33.1 Å². The van der Waals surface area contributed by atoms with E-state index < -0.39 is 50.1 Å². The van der Waals surface area contributed by atoms with E-state index in [-0.39, 0.29) is 12.1 Å². The van der Waals surface area contributed by atoms with Crippen molar-refractivity contribution in [2.45, 2.75) is 31.7 Å². The predicted molar refractivity (Wildman–Crippen MR) is 130 cm³/mol. The Labute approximate surface area is 213 Å². The Balaban J connectivity index is 0.000000433. The quantitative estimate of drug-likeness (QED) is 0.152. The molecule has 3 aliphatic rings. The van der Waals surface area contributed by atoms with Gasteiger partial charge in [-0.1, -0.05) is 30.4 Å². The van der Waals surface area contributed by atoms with E-state index in [1.165, 1.54) is 24.3 Å². The molecular weight excluding hydrogens is 514 g/mol. The Bertz CT molecular complexity index is 1230. The fraction of sp³-hybridized carbons (Fsp3) is 0.261. The fourth-order valence-electron chi connectivity index (χ4n) is 3.40. The number of nitro benzene ring substituents is 1. The number of hydroxylamine groups is 2. The second-order valence-corrected chi connectivity index (χ2v) is 10.0. The number of nitrogens with one attached hydrogen (secondary N) is 1. The number of carbonyl (C=O) groups is 3. The van der Waals surface area contributed by atoms with Crippen molar-refractivity contribution in [1.29, 1.82) is 0 Å². The summed E-state index contributed by atoms with van der Waals surface area (Å²) in [7, 11) is 3.38. The van der Waals surface area contributed by atoms with Crippen molar-refractivity contribution in [1.82, 2.24) is 10.4 Å².